The van der Waals surface area contributed by atoms with Gasteiger partial charge in [-0.15, -0.1) is 0 Å². The summed E-state index contributed by atoms with van der Waals surface area (Å²) in [6, 6.07) is 7.24. The molecule has 0 spiro atoms. The van der Waals surface area contributed by atoms with E-state index in [0.29, 0.717) is 19.0 Å². The van der Waals surface area contributed by atoms with Gasteiger partial charge in [0.1, 0.15) is 5.75 Å². The van der Waals surface area contributed by atoms with E-state index in [4.69, 9.17) is 14.6 Å². The first-order valence-corrected chi connectivity index (χ1v) is 6.30. The molecule has 1 unspecified atom stereocenters. The average molecular weight is 310 g/mol. The van der Waals surface area contributed by atoms with Crippen LogP contribution in [0, 0.1) is 0 Å². The molecule has 1 N–H and O–H groups in total. The number of benzene rings is 1. The van der Waals surface area contributed by atoms with Crippen molar-refractivity contribution in [3.05, 3.63) is 29.8 Å². The molecule has 102 valence electrons. The number of aliphatic hydroxyl groups is 1. The van der Waals surface area contributed by atoms with Gasteiger partial charge in [0.15, 0.2) is 0 Å². The van der Waals surface area contributed by atoms with E-state index in [-0.39, 0.29) is 70.6 Å². The van der Waals surface area contributed by atoms with Crippen molar-refractivity contribution in [3.63, 3.8) is 0 Å². The van der Waals surface area contributed by atoms with Gasteiger partial charge in [-0.1, -0.05) is 12.1 Å². The summed E-state index contributed by atoms with van der Waals surface area (Å²) in [5, 5.41) is 8.63. The Morgan fingerprint density at radius 3 is 2.53 bits per heavy atom. The van der Waals surface area contributed by atoms with Gasteiger partial charge in [0.2, 0.25) is 0 Å². The van der Waals surface area contributed by atoms with Crippen molar-refractivity contribution in [1.82, 2.24) is 0 Å². The van der Waals surface area contributed by atoms with Crippen LogP contribution in [0.1, 0.15) is 25.6 Å². The van der Waals surface area contributed by atoms with E-state index in [9.17, 15) is 4.79 Å². The molecule has 0 amide bonds. The molecule has 1 rings (SSSR count). The molecule has 1 atom stereocenters. The van der Waals surface area contributed by atoms with E-state index in [1.54, 1.807) is 12.1 Å². The first-order valence-electron chi connectivity index (χ1n) is 5.78. The average Bonchev–Trinajstić information content (AvgIpc) is 2.34. The van der Waals surface area contributed by atoms with Crippen LogP contribution in [0.25, 0.3) is 0 Å². The van der Waals surface area contributed by atoms with E-state index in [1.165, 1.54) is 6.92 Å². The van der Waals surface area contributed by atoms with Crippen LogP contribution in [0.4, 0.5) is 0 Å². The molecular formula is C13H19KO4S. The van der Waals surface area contributed by atoms with Crippen LogP contribution in [-0.2, 0) is 9.53 Å². The third-order valence-electron chi connectivity index (χ3n) is 2.30. The Labute approximate surface area is 163 Å². The molecule has 1 aromatic carbocycles. The van der Waals surface area contributed by atoms with Crippen LogP contribution in [0.3, 0.4) is 0 Å². The van der Waals surface area contributed by atoms with E-state index in [0.717, 1.165) is 12.0 Å². The van der Waals surface area contributed by atoms with Gasteiger partial charge in [-0.25, -0.2) is 0 Å². The van der Waals surface area contributed by atoms with Crippen molar-refractivity contribution in [1.29, 1.82) is 0 Å². The second-order valence-electron chi connectivity index (χ2n) is 3.80. The van der Waals surface area contributed by atoms with Gasteiger partial charge in [-0.05, 0) is 24.1 Å². The minimum Gasteiger partial charge on any atom is -1.00 e. The first kappa shape index (κ1) is 19.6. The summed E-state index contributed by atoms with van der Waals surface area (Å²) in [5.74, 6) is 0.200. The molecule has 0 aliphatic rings. The van der Waals surface area contributed by atoms with Crippen molar-refractivity contribution in [2.45, 2.75) is 18.6 Å². The minimum atomic E-state index is -0.331. The van der Waals surface area contributed by atoms with Gasteiger partial charge in [0.05, 0.1) is 13.2 Å². The minimum absolute atomic E-state index is 0. The second-order valence-corrected chi connectivity index (χ2v) is 4.43. The fraction of sp³-hybridized carbons (Fsp3) is 0.462. The number of hydrogen-bond acceptors (Lipinski definition) is 5. The van der Waals surface area contributed by atoms with Crippen LogP contribution >= 0.6 is 12.6 Å². The molecule has 6 heteroatoms. The van der Waals surface area contributed by atoms with Crippen molar-refractivity contribution in [3.8, 4) is 5.75 Å². The monoisotopic (exact) mass is 310 g/mol. The number of carbonyl (C=O) groups is 1. The molecule has 0 aliphatic carbocycles. The van der Waals surface area contributed by atoms with Crippen molar-refractivity contribution in [2.75, 3.05) is 19.8 Å². The van der Waals surface area contributed by atoms with Crippen molar-refractivity contribution < 1.29 is 72.2 Å². The zero-order valence-electron chi connectivity index (χ0n) is 12.3. The molecule has 0 bridgehead atoms. The molecule has 19 heavy (non-hydrogen) atoms. The molecule has 0 saturated heterocycles. The number of aliphatic hydroxyl groups excluding tert-OH is 1. The van der Waals surface area contributed by atoms with Gasteiger partial charge in [0, 0.05) is 18.8 Å². The topological polar surface area (TPSA) is 55.8 Å². The smallest absolute Gasteiger partial charge is 1.00 e. The fourth-order valence-corrected chi connectivity index (χ4v) is 1.73. The molecule has 0 radical (unpaired) electrons. The standard InChI is InChI=1S/C13H18O4S.K.H/c1-10(15)17-12-4-2-11(3-5-12)13(18)6-8-16-9-7-14;;/h2-5,13-14,18H,6-9H2,1H3;;/q;+1;-1. The maximum absolute atomic E-state index is 10.8. The molecular weight excluding hydrogens is 291 g/mol. The summed E-state index contributed by atoms with van der Waals surface area (Å²) < 4.78 is 10.1. The molecule has 4 nitrogen and oxygen atoms in total. The summed E-state index contributed by atoms with van der Waals surface area (Å²) in [6.45, 7) is 2.31. The Morgan fingerprint density at radius 1 is 1.37 bits per heavy atom. The summed E-state index contributed by atoms with van der Waals surface area (Å²) in [4.78, 5) is 10.8. The quantitative estimate of drug-likeness (QED) is 0.225. The van der Waals surface area contributed by atoms with Gasteiger partial charge >= 0.3 is 57.4 Å². The number of thiol groups is 1. The van der Waals surface area contributed by atoms with Gasteiger partial charge in [-0.3, -0.25) is 4.79 Å². The summed E-state index contributed by atoms with van der Waals surface area (Å²) in [5.41, 5.74) is 1.04. The fourth-order valence-electron chi connectivity index (χ4n) is 1.45. The summed E-state index contributed by atoms with van der Waals surface area (Å²) >= 11 is 4.48. The van der Waals surface area contributed by atoms with E-state index < -0.39 is 0 Å². The third kappa shape index (κ3) is 8.47. The Morgan fingerprint density at radius 2 is 2.00 bits per heavy atom. The Hall–Kier alpha value is 0.596. The van der Waals surface area contributed by atoms with Gasteiger partial charge < -0.3 is 16.0 Å². The van der Waals surface area contributed by atoms with Crippen LogP contribution in [-0.4, -0.2) is 30.9 Å². The SMILES string of the molecule is CC(=O)Oc1ccc(C(S)CCOCCO)cc1.[H-].[K+]. The maximum atomic E-state index is 10.8. The Bertz CT molecular complexity index is 375. The largest absolute Gasteiger partial charge is 1.00 e. The number of hydrogen-bond donors (Lipinski definition) is 2. The molecule has 0 aromatic heterocycles. The predicted octanol–water partition coefficient (Wildman–Crippen LogP) is -0.902. The first-order chi connectivity index (χ1) is 8.63. The van der Waals surface area contributed by atoms with Crippen LogP contribution in [0.15, 0.2) is 24.3 Å². The zero-order valence-corrected chi connectivity index (χ0v) is 15.4. The number of rotatable bonds is 7. The predicted molar refractivity (Wildman–Crippen MR) is 73.1 cm³/mol. The van der Waals surface area contributed by atoms with E-state index >= 15 is 0 Å². The molecule has 0 fully saturated rings. The zero-order chi connectivity index (χ0) is 13.4. The third-order valence-corrected chi connectivity index (χ3v) is 2.85. The van der Waals surface area contributed by atoms with E-state index in [2.05, 4.69) is 12.6 Å². The number of carbonyl (C=O) groups excluding carboxylic acids is 1. The summed E-state index contributed by atoms with van der Waals surface area (Å²) in [6.07, 6.45) is 0.760. The van der Waals surface area contributed by atoms with Gasteiger partial charge in [-0.2, -0.15) is 12.6 Å². The van der Waals surface area contributed by atoms with Crippen molar-refractivity contribution in [2.24, 2.45) is 0 Å². The normalized spacial score (nSPS) is 11.5. The van der Waals surface area contributed by atoms with Crippen LogP contribution < -0.4 is 56.1 Å². The summed E-state index contributed by atoms with van der Waals surface area (Å²) in [7, 11) is 0. The number of ether oxygens (including phenoxy) is 2. The molecule has 1 aromatic rings. The molecule has 0 heterocycles. The van der Waals surface area contributed by atoms with Crippen LogP contribution in [0.2, 0.25) is 0 Å². The molecule has 0 saturated carbocycles. The van der Waals surface area contributed by atoms with E-state index in [1.807, 2.05) is 12.1 Å². The number of esters is 1. The van der Waals surface area contributed by atoms with Gasteiger partial charge in [0.25, 0.3) is 0 Å². The Balaban J connectivity index is 0. The molecule has 0 aliphatic heterocycles. The maximum Gasteiger partial charge on any atom is 1.00 e. The Kier molecular flexibility index (Phi) is 11.6. The van der Waals surface area contributed by atoms with Crippen LogP contribution in [0.5, 0.6) is 5.75 Å². The van der Waals surface area contributed by atoms with Crippen molar-refractivity contribution >= 4 is 18.6 Å². The second kappa shape index (κ2) is 11.3.